The molecule has 2 rings (SSSR count). The first-order valence-electron chi connectivity index (χ1n) is 5.55. The van der Waals surface area contributed by atoms with Crippen LogP contribution in [0.1, 0.15) is 11.7 Å². The number of methoxy groups -OCH3 is 1. The molecule has 1 aromatic carbocycles. The molecular formula is C12H14N2O2S3. The fraction of sp³-hybridized carbons (Fsp3) is 0.333. The van der Waals surface area contributed by atoms with Gasteiger partial charge in [0.1, 0.15) is 5.75 Å². The molecule has 0 aliphatic carbocycles. The Kier molecular flexibility index (Phi) is 5.50. The zero-order valence-corrected chi connectivity index (χ0v) is 13.0. The van der Waals surface area contributed by atoms with E-state index in [-0.39, 0.29) is 0 Å². The number of ether oxygens (including phenoxy) is 1. The van der Waals surface area contributed by atoms with E-state index in [1.807, 2.05) is 30.5 Å². The van der Waals surface area contributed by atoms with Crippen LogP contribution in [0.15, 0.2) is 32.9 Å². The highest BCUT2D eigenvalue weighted by atomic mass is 32.2. The Morgan fingerprint density at radius 1 is 1.37 bits per heavy atom. The summed E-state index contributed by atoms with van der Waals surface area (Å²) >= 11 is 4.64. The van der Waals surface area contributed by atoms with Crippen LogP contribution < -0.4 is 4.74 Å². The fourth-order valence-electron chi connectivity index (χ4n) is 1.43. The summed E-state index contributed by atoms with van der Waals surface area (Å²) in [7, 11) is 1.62. The number of benzene rings is 1. The molecule has 1 aromatic heterocycles. The summed E-state index contributed by atoms with van der Waals surface area (Å²) in [4.78, 5) is 0. The van der Waals surface area contributed by atoms with Gasteiger partial charge >= 0.3 is 0 Å². The Morgan fingerprint density at radius 2 is 2.16 bits per heavy atom. The molecule has 102 valence electrons. The van der Waals surface area contributed by atoms with Crippen molar-refractivity contribution in [1.82, 2.24) is 10.2 Å². The van der Waals surface area contributed by atoms with E-state index in [1.165, 1.54) is 11.8 Å². The predicted octanol–water partition coefficient (Wildman–Crippen LogP) is 3.09. The fourth-order valence-corrected chi connectivity index (χ4v) is 3.86. The van der Waals surface area contributed by atoms with Crippen molar-refractivity contribution in [2.75, 3.05) is 19.1 Å². The zero-order chi connectivity index (χ0) is 13.7. The van der Waals surface area contributed by atoms with Crippen molar-refractivity contribution in [1.29, 1.82) is 0 Å². The molecule has 0 saturated heterocycles. The Bertz CT molecular complexity index is 533. The van der Waals surface area contributed by atoms with E-state index in [9.17, 15) is 5.11 Å². The van der Waals surface area contributed by atoms with Crippen molar-refractivity contribution in [2.45, 2.75) is 14.8 Å². The first-order chi connectivity index (χ1) is 9.22. The van der Waals surface area contributed by atoms with E-state index in [4.69, 9.17) is 4.74 Å². The van der Waals surface area contributed by atoms with Crippen LogP contribution in [0.2, 0.25) is 0 Å². The highest BCUT2D eigenvalue weighted by Gasteiger charge is 2.11. The summed E-state index contributed by atoms with van der Waals surface area (Å²) in [6, 6.07) is 7.47. The largest absolute Gasteiger partial charge is 0.497 e. The monoisotopic (exact) mass is 314 g/mol. The lowest BCUT2D eigenvalue weighted by Crippen LogP contribution is -2.00. The highest BCUT2D eigenvalue weighted by molar-refractivity contribution is 8.02. The quantitative estimate of drug-likeness (QED) is 0.827. The summed E-state index contributed by atoms with van der Waals surface area (Å²) in [6.07, 6.45) is 1.43. The van der Waals surface area contributed by atoms with Crippen LogP contribution >= 0.6 is 34.9 Å². The molecule has 0 saturated carbocycles. The van der Waals surface area contributed by atoms with E-state index in [0.717, 1.165) is 20.0 Å². The first-order valence-corrected chi connectivity index (χ1v) is 8.58. The molecule has 19 heavy (non-hydrogen) atoms. The average Bonchev–Trinajstić information content (AvgIpc) is 2.93. The van der Waals surface area contributed by atoms with Gasteiger partial charge in [0.2, 0.25) is 0 Å². The number of nitrogens with zero attached hydrogens (tertiary/aromatic N) is 2. The van der Waals surface area contributed by atoms with Gasteiger partial charge in [-0.15, -0.1) is 10.2 Å². The Morgan fingerprint density at radius 3 is 2.84 bits per heavy atom. The SMILES string of the molecule is COc1cccc(C(O)CSc2nnc(SC)s2)c1. The van der Waals surface area contributed by atoms with Crippen LogP contribution in [-0.4, -0.2) is 34.4 Å². The second-order valence-corrected chi connectivity index (χ2v) is 6.94. The van der Waals surface area contributed by atoms with Gasteiger partial charge in [-0.3, -0.25) is 0 Å². The first kappa shape index (κ1) is 14.6. The summed E-state index contributed by atoms with van der Waals surface area (Å²) in [5.74, 6) is 1.30. The van der Waals surface area contributed by atoms with Gasteiger partial charge in [-0.1, -0.05) is 47.0 Å². The minimum absolute atomic E-state index is 0.540. The number of thioether (sulfide) groups is 2. The van der Waals surface area contributed by atoms with Crippen LogP contribution in [0.25, 0.3) is 0 Å². The van der Waals surface area contributed by atoms with Crippen LogP contribution in [0.4, 0.5) is 0 Å². The van der Waals surface area contributed by atoms with Gasteiger partial charge in [-0.2, -0.15) is 0 Å². The molecule has 0 amide bonds. The Hall–Kier alpha value is -0.760. The number of aliphatic hydroxyl groups excluding tert-OH is 1. The summed E-state index contributed by atoms with van der Waals surface area (Å²) in [6.45, 7) is 0. The predicted molar refractivity (Wildman–Crippen MR) is 80.4 cm³/mol. The summed E-state index contributed by atoms with van der Waals surface area (Å²) in [5, 5.41) is 18.2. The van der Waals surface area contributed by atoms with Crippen molar-refractivity contribution >= 4 is 34.9 Å². The molecular weight excluding hydrogens is 300 g/mol. The van der Waals surface area contributed by atoms with Crippen LogP contribution in [0, 0.1) is 0 Å². The highest BCUT2D eigenvalue weighted by Crippen LogP contribution is 2.30. The van der Waals surface area contributed by atoms with Crippen LogP contribution in [0.5, 0.6) is 5.75 Å². The number of rotatable bonds is 6. The molecule has 0 bridgehead atoms. The number of hydrogen-bond donors (Lipinski definition) is 1. The molecule has 0 radical (unpaired) electrons. The van der Waals surface area contributed by atoms with Gasteiger partial charge in [-0.05, 0) is 24.0 Å². The van der Waals surface area contributed by atoms with Crippen molar-refractivity contribution in [3.63, 3.8) is 0 Å². The topological polar surface area (TPSA) is 55.2 Å². The summed E-state index contributed by atoms with van der Waals surface area (Å²) < 4.78 is 6.97. The van der Waals surface area contributed by atoms with Gasteiger partial charge in [0.15, 0.2) is 8.68 Å². The molecule has 1 N–H and O–H groups in total. The molecule has 0 aliphatic rings. The van der Waals surface area contributed by atoms with Gasteiger partial charge in [0.05, 0.1) is 13.2 Å². The Labute approximate surface area is 124 Å². The maximum absolute atomic E-state index is 10.1. The third kappa shape index (κ3) is 4.10. The van der Waals surface area contributed by atoms with E-state index < -0.39 is 6.10 Å². The van der Waals surface area contributed by atoms with E-state index >= 15 is 0 Å². The van der Waals surface area contributed by atoms with E-state index in [0.29, 0.717) is 5.75 Å². The van der Waals surface area contributed by atoms with Gasteiger partial charge in [0, 0.05) is 5.75 Å². The standard InChI is InChI=1S/C12H14N2O2S3/c1-16-9-5-3-4-8(6-9)10(15)7-18-12-14-13-11(17-2)19-12/h3-6,10,15H,7H2,1-2H3. The van der Waals surface area contributed by atoms with Crippen molar-refractivity contribution < 1.29 is 9.84 Å². The number of aromatic nitrogens is 2. The molecule has 0 spiro atoms. The lowest BCUT2D eigenvalue weighted by Gasteiger charge is -2.10. The van der Waals surface area contributed by atoms with E-state index in [1.54, 1.807) is 30.2 Å². The van der Waals surface area contributed by atoms with Gasteiger partial charge < -0.3 is 9.84 Å². The lowest BCUT2D eigenvalue weighted by molar-refractivity contribution is 0.203. The maximum Gasteiger partial charge on any atom is 0.175 e. The molecule has 2 aromatic rings. The van der Waals surface area contributed by atoms with E-state index in [2.05, 4.69) is 10.2 Å². The number of hydrogen-bond acceptors (Lipinski definition) is 7. The molecule has 4 nitrogen and oxygen atoms in total. The minimum atomic E-state index is -0.540. The number of aliphatic hydroxyl groups is 1. The van der Waals surface area contributed by atoms with Crippen LogP contribution in [0.3, 0.4) is 0 Å². The van der Waals surface area contributed by atoms with Crippen molar-refractivity contribution in [2.24, 2.45) is 0 Å². The van der Waals surface area contributed by atoms with Gasteiger partial charge in [0.25, 0.3) is 0 Å². The second kappa shape index (κ2) is 7.14. The average molecular weight is 314 g/mol. The lowest BCUT2D eigenvalue weighted by atomic mass is 10.1. The van der Waals surface area contributed by atoms with Gasteiger partial charge in [-0.25, -0.2) is 0 Å². The molecule has 1 heterocycles. The third-order valence-electron chi connectivity index (χ3n) is 2.41. The molecule has 7 heteroatoms. The minimum Gasteiger partial charge on any atom is -0.497 e. The zero-order valence-electron chi connectivity index (χ0n) is 10.6. The Balaban J connectivity index is 1.94. The smallest absolute Gasteiger partial charge is 0.175 e. The van der Waals surface area contributed by atoms with Crippen molar-refractivity contribution in [3.8, 4) is 5.75 Å². The molecule has 1 unspecified atom stereocenters. The normalized spacial score (nSPS) is 12.4. The maximum atomic E-state index is 10.1. The third-order valence-corrected chi connectivity index (χ3v) is 5.51. The summed E-state index contributed by atoms with van der Waals surface area (Å²) in [5.41, 5.74) is 0.849. The second-order valence-electron chi connectivity index (χ2n) is 3.64. The van der Waals surface area contributed by atoms with Crippen molar-refractivity contribution in [3.05, 3.63) is 29.8 Å². The molecule has 1 atom stereocenters. The van der Waals surface area contributed by atoms with Crippen LogP contribution in [-0.2, 0) is 0 Å². The molecule has 0 aliphatic heterocycles. The molecule has 0 fully saturated rings.